The minimum absolute atomic E-state index is 0.182. The lowest BCUT2D eigenvalue weighted by molar-refractivity contribution is 0.0218. The standard InChI is InChI=1S/C10H14N4O4/c1-2-18-10(17)7-4-3-6(13-7)9(16)8(15)5-12-14-11/h3-4,8-9,13,15-16H,2,5H2,1H3. The molecule has 3 N–H and O–H groups in total. The second-order valence-corrected chi connectivity index (χ2v) is 3.47. The highest BCUT2D eigenvalue weighted by atomic mass is 16.5. The lowest BCUT2D eigenvalue weighted by Crippen LogP contribution is -2.21. The van der Waals surface area contributed by atoms with Crippen LogP contribution in [0.4, 0.5) is 0 Å². The van der Waals surface area contributed by atoms with Crippen LogP contribution in [0, 0.1) is 0 Å². The molecule has 2 unspecified atom stereocenters. The number of aliphatic hydroxyl groups excluding tert-OH is 2. The SMILES string of the molecule is CCOC(=O)c1ccc(C(O)C(O)CN=[N+]=[N-])[nH]1. The quantitative estimate of drug-likeness (QED) is 0.301. The maximum atomic E-state index is 11.4. The first-order chi connectivity index (χ1) is 8.60. The van der Waals surface area contributed by atoms with Crippen molar-refractivity contribution in [1.82, 2.24) is 4.98 Å². The molecule has 8 heteroatoms. The molecule has 1 rings (SSSR count). The Hall–Kier alpha value is -2.02. The van der Waals surface area contributed by atoms with Crippen LogP contribution in [0.2, 0.25) is 0 Å². The number of carbonyl (C=O) groups is 1. The molecule has 0 saturated heterocycles. The summed E-state index contributed by atoms with van der Waals surface area (Å²) in [5, 5.41) is 22.4. The number of H-pyrrole nitrogens is 1. The molecular weight excluding hydrogens is 240 g/mol. The molecular formula is C10H14N4O4. The van der Waals surface area contributed by atoms with Gasteiger partial charge in [0.1, 0.15) is 11.8 Å². The van der Waals surface area contributed by atoms with E-state index in [4.69, 9.17) is 10.3 Å². The van der Waals surface area contributed by atoms with E-state index < -0.39 is 18.2 Å². The maximum absolute atomic E-state index is 11.4. The van der Waals surface area contributed by atoms with E-state index in [-0.39, 0.29) is 24.5 Å². The summed E-state index contributed by atoms with van der Waals surface area (Å²) in [5.74, 6) is -0.541. The third-order valence-electron chi connectivity index (χ3n) is 2.22. The van der Waals surface area contributed by atoms with Crippen molar-refractivity contribution in [2.75, 3.05) is 13.2 Å². The van der Waals surface area contributed by atoms with Crippen molar-refractivity contribution in [1.29, 1.82) is 0 Å². The van der Waals surface area contributed by atoms with E-state index in [0.29, 0.717) is 0 Å². The molecule has 0 radical (unpaired) electrons. The van der Waals surface area contributed by atoms with E-state index in [9.17, 15) is 15.0 Å². The van der Waals surface area contributed by atoms with Crippen LogP contribution in [-0.2, 0) is 4.74 Å². The second-order valence-electron chi connectivity index (χ2n) is 3.47. The molecule has 18 heavy (non-hydrogen) atoms. The zero-order chi connectivity index (χ0) is 13.5. The molecule has 0 aliphatic carbocycles. The number of nitrogens with zero attached hydrogens (tertiary/aromatic N) is 3. The van der Waals surface area contributed by atoms with Crippen molar-refractivity contribution in [2.24, 2.45) is 5.11 Å². The Labute approximate surface area is 103 Å². The Kier molecular flexibility index (Phi) is 5.19. The van der Waals surface area contributed by atoms with Crippen LogP contribution in [0.3, 0.4) is 0 Å². The van der Waals surface area contributed by atoms with Gasteiger partial charge in [0, 0.05) is 10.6 Å². The van der Waals surface area contributed by atoms with Crippen molar-refractivity contribution < 1.29 is 19.7 Å². The van der Waals surface area contributed by atoms with Crippen LogP contribution in [0.5, 0.6) is 0 Å². The number of aromatic nitrogens is 1. The summed E-state index contributed by atoms with van der Waals surface area (Å²) in [5.41, 5.74) is 8.53. The highest BCUT2D eigenvalue weighted by Gasteiger charge is 2.20. The van der Waals surface area contributed by atoms with Crippen LogP contribution in [-0.4, -0.2) is 40.4 Å². The fraction of sp³-hybridized carbons (Fsp3) is 0.500. The van der Waals surface area contributed by atoms with Crippen molar-refractivity contribution in [3.8, 4) is 0 Å². The van der Waals surface area contributed by atoms with Crippen molar-refractivity contribution in [3.05, 3.63) is 34.0 Å². The van der Waals surface area contributed by atoms with E-state index >= 15 is 0 Å². The molecule has 1 aromatic rings. The van der Waals surface area contributed by atoms with Gasteiger partial charge in [0.05, 0.1) is 19.3 Å². The Balaban J connectivity index is 2.72. The highest BCUT2D eigenvalue weighted by Crippen LogP contribution is 2.17. The lowest BCUT2D eigenvalue weighted by atomic mass is 10.1. The molecule has 0 amide bonds. The fourth-order valence-corrected chi connectivity index (χ4v) is 1.34. The van der Waals surface area contributed by atoms with Crippen molar-refractivity contribution in [3.63, 3.8) is 0 Å². The average Bonchev–Trinajstić information content (AvgIpc) is 2.84. The van der Waals surface area contributed by atoms with Crippen LogP contribution >= 0.6 is 0 Å². The zero-order valence-corrected chi connectivity index (χ0v) is 9.78. The third-order valence-corrected chi connectivity index (χ3v) is 2.22. The summed E-state index contributed by atoms with van der Waals surface area (Å²) in [6.07, 6.45) is -2.51. The summed E-state index contributed by atoms with van der Waals surface area (Å²) in [4.78, 5) is 16.5. The Bertz CT molecular complexity index is 452. The van der Waals surface area contributed by atoms with E-state index in [1.807, 2.05) is 0 Å². The normalized spacial score (nSPS) is 13.5. The van der Waals surface area contributed by atoms with Gasteiger partial charge in [0.2, 0.25) is 0 Å². The molecule has 0 saturated carbocycles. The lowest BCUT2D eigenvalue weighted by Gasteiger charge is -2.14. The number of esters is 1. The van der Waals surface area contributed by atoms with E-state index in [0.717, 1.165) is 0 Å². The third kappa shape index (κ3) is 3.49. The van der Waals surface area contributed by atoms with Gasteiger partial charge in [0.25, 0.3) is 0 Å². The van der Waals surface area contributed by atoms with Gasteiger partial charge < -0.3 is 19.9 Å². The van der Waals surface area contributed by atoms with Gasteiger partial charge in [-0.3, -0.25) is 0 Å². The van der Waals surface area contributed by atoms with E-state index in [2.05, 4.69) is 15.0 Å². The number of ether oxygens (including phenoxy) is 1. The van der Waals surface area contributed by atoms with E-state index in [1.54, 1.807) is 6.92 Å². The molecule has 98 valence electrons. The molecule has 1 heterocycles. The van der Waals surface area contributed by atoms with Gasteiger partial charge in [-0.1, -0.05) is 5.11 Å². The highest BCUT2D eigenvalue weighted by molar-refractivity contribution is 5.87. The molecule has 0 bridgehead atoms. The number of rotatable bonds is 6. The molecule has 0 spiro atoms. The van der Waals surface area contributed by atoms with Crippen LogP contribution < -0.4 is 0 Å². The predicted octanol–water partition coefficient (Wildman–Crippen LogP) is 0.896. The zero-order valence-electron chi connectivity index (χ0n) is 9.78. The van der Waals surface area contributed by atoms with Crippen LogP contribution in [0.15, 0.2) is 17.2 Å². The average molecular weight is 254 g/mol. The van der Waals surface area contributed by atoms with Gasteiger partial charge in [-0.15, -0.1) is 0 Å². The second kappa shape index (κ2) is 6.65. The van der Waals surface area contributed by atoms with Gasteiger partial charge >= 0.3 is 5.97 Å². The first-order valence-corrected chi connectivity index (χ1v) is 5.33. The number of hydrogen-bond donors (Lipinski definition) is 3. The first-order valence-electron chi connectivity index (χ1n) is 5.33. The minimum atomic E-state index is -1.27. The monoisotopic (exact) mass is 254 g/mol. The molecule has 0 aliphatic rings. The van der Waals surface area contributed by atoms with Crippen molar-refractivity contribution >= 4 is 5.97 Å². The predicted molar refractivity (Wildman–Crippen MR) is 61.7 cm³/mol. The molecule has 0 aliphatic heterocycles. The summed E-state index contributed by atoms with van der Waals surface area (Å²) in [6, 6.07) is 2.90. The first kappa shape index (κ1) is 14.0. The van der Waals surface area contributed by atoms with Crippen LogP contribution in [0.1, 0.15) is 29.2 Å². The number of carbonyl (C=O) groups excluding carboxylic acids is 1. The maximum Gasteiger partial charge on any atom is 0.354 e. The summed E-state index contributed by atoms with van der Waals surface area (Å²) in [7, 11) is 0. The summed E-state index contributed by atoms with van der Waals surface area (Å²) >= 11 is 0. The van der Waals surface area contributed by atoms with E-state index in [1.165, 1.54) is 12.1 Å². The number of hydrogen-bond acceptors (Lipinski definition) is 5. The summed E-state index contributed by atoms with van der Waals surface area (Å²) < 4.78 is 4.77. The molecule has 0 fully saturated rings. The van der Waals surface area contributed by atoms with Crippen molar-refractivity contribution in [2.45, 2.75) is 19.1 Å². The minimum Gasteiger partial charge on any atom is -0.461 e. The Morgan fingerprint density at radius 3 is 2.94 bits per heavy atom. The molecule has 1 aromatic heterocycles. The van der Waals surface area contributed by atoms with Gasteiger partial charge in [-0.2, -0.15) is 0 Å². The smallest absolute Gasteiger partial charge is 0.354 e. The molecule has 8 nitrogen and oxygen atoms in total. The number of aliphatic hydroxyl groups is 2. The number of nitrogens with one attached hydrogen (secondary N) is 1. The summed E-state index contributed by atoms with van der Waals surface area (Å²) in [6.45, 7) is 1.67. The Morgan fingerprint density at radius 2 is 2.33 bits per heavy atom. The van der Waals surface area contributed by atoms with Gasteiger partial charge in [-0.25, -0.2) is 4.79 Å². The number of azide groups is 1. The van der Waals surface area contributed by atoms with Gasteiger partial charge in [-0.05, 0) is 24.6 Å². The number of aromatic amines is 1. The molecule has 0 aromatic carbocycles. The Morgan fingerprint density at radius 1 is 1.61 bits per heavy atom. The van der Waals surface area contributed by atoms with Crippen LogP contribution in [0.25, 0.3) is 10.4 Å². The molecule has 2 atom stereocenters. The largest absolute Gasteiger partial charge is 0.461 e. The van der Waals surface area contributed by atoms with Gasteiger partial charge in [0.15, 0.2) is 0 Å². The topological polar surface area (TPSA) is 131 Å². The fourth-order valence-electron chi connectivity index (χ4n) is 1.34.